The second-order valence-corrected chi connectivity index (χ2v) is 6.08. The number of aliphatic hydroxyl groups excluding tert-OH is 1. The minimum Gasteiger partial charge on any atom is -0.393 e. The van der Waals surface area contributed by atoms with Crippen LogP contribution >= 0.6 is 0 Å². The van der Waals surface area contributed by atoms with Crippen molar-refractivity contribution in [1.29, 1.82) is 0 Å². The fourth-order valence-electron chi connectivity index (χ4n) is 2.55. The smallest absolute Gasteiger partial charge is 0.389 e. The molecule has 17 heavy (non-hydrogen) atoms. The molecule has 0 aromatic rings. The van der Waals surface area contributed by atoms with Crippen molar-refractivity contribution in [3.05, 3.63) is 0 Å². The van der Waals surface area contributed by atoms with Crippen LogP contribution in [0.25, 0.3) is 0 Å². The maximum absolute atomic E-state index is 12.0. The van der Waals surface area contributed by atoms with Gasteiger partial charge in [-0.25, -0.2) is 0 Å². The minimum absolute atomic E-state index is 0.0462. The Kier molecular flexibility index (Phi) is 4.87. The number of halogens is 3. The van der Waals surface area contributed by atoms with Crippen LogP contribution in [0, 0.1) is 11.3 Å². The lowest BCUT2D eigenvalue weighted by Crippen LogP contribution is -2.29. The molecule has 102 valence electrons. The van der Waals surface area contributed by atoms with Crippen LogP contribution in [0.2, 0.25) is 0 Å². The number of rotatable bonds is 4. The summed E-state index contributed by atoms with van der Waals surface area (Å²) in [6, 6.07) is 0. The zero-order valence-electron chi connectivity index (χ0n) is 10.7. The maximum atomic E-state index is 12.0. The van der Waals surface area contributed by atoms with Crippen molar-refractivity contribution in [3.8, 4) is 0 Å². The van der Waals surface area contributed by atoms with Crippen molar-refractivity contribution >= 4 is 0 Å². The molecule has 4 heteroatoms. The number of hydrogen-bond donors (Lipinski definition) is 1. The first kappa shape index (κ1) is 14.8. The lowest BCUT2D eigenvalue weighted by Gasteiger charge is -2.36. The van der Waals surface area contributed by atoms with Crippen LogP contribution in [0.3, 0.4) is 0 Å². The van der Waals surface area contributed by atoms with Gasteiger partial charge in [-0.15, -0.1) is 0 Å². The molecule has 1 fully saturated rings. The molecule has 0 heterocycles. The van der Waals surface area contributed by atoms with Crippen LogP contribution in [0.1, 0.15) is 58.8 Å². The monoisotopic (exact) mass is 252 g/mol. The Balaban J connectivity index is 2.23. The van der Waals surface area contributed by atoms with Gasteiger partial charge in [-0.1, -0.05) is 13.8 Å². The highest BCUT2D eigenvalue weighted by atomic mass is 19.4. The highest BCUT2D eigenvalue weighted by Gasteiger charge is 2.31. The Morgan fingerprint density at radius 3 is 2.24 bits per heavy atom. The maximum Gasteiger partial charge on any atom is 0.389 e. The average molecular weight is 252 g/mol. The second kappa shape index (κ2) is 5.59. The molecule has 1 aliphatic carbocycles. The van der Waals surface area contributed by atoms with E-state index in [9.17, 15) is 18.3 Å². The van der Waals surface area contributed by atoms with Crippen LogP contribution in [0.15, 0.2) is 0 Å². The third kappa shape index (κ3) is 5.75. The largest absolute Gasteiger partial charge is 0.393 e. The van der Waals surface area contributed by atoms with Gasteiger partial charge in [0.25, 0.3) is 0 Å². The molecule has 0 aliphatic heterocycles. The highest BCUT2D eigenvalue weighted by molar-refractivity contribution is 4.82. The summed E-state index contributed by atoms with van der Waals surface area (Å²) in [4.78, 5) is 0. The fourth-order valence-corrected chi connectivity index (χ4v) is 2.55. The molecule has 1 aliphatic rings. The SMILES string of the molecule is CC1(C)CCC(C(O)CCCC(F)(F)F)CC1. The summed E-state index contributed by atoms with van der Waals surface area (Å²) in [7, 11) is 0. The highest BCUT2D eigenvalue weighted by Crippen LogP contribution is 2.40. The zero-order valence-corrected chi connectivity index (χ0v) is 10.7. The van der Waals surface area contributed by atoms with Gasteiger partial charge < -0.3 is 5.11 Å². The van der Waals surface area contributed by atoms with Crippen molar-refractivity contribution in [2.24, 2.45) is 11.3 Å². The Morgan fingerprint density at radius 1 is 1.24 bits per heavy atom. The summed E-state index contributed by atoms with van der Waals surface area (Å²) in [5, 5.41) is 9.87. The van der Waals surface area contributed by atoms with E-state index in [0.717, 1.165) is 25.7 Å². The molecule has 1 nitrogen and oxygen atoms in total. The van der Waals surface area contributed by atoms with E-state index in [1.807, 2.05) is 0 Å². The van der Waals surface area contributed by atoms with Gasteiger partial charge in [-0.2, -0.15) is 13.2 Å². The zero-order chi connectivity index (χ0) is 13.1. The van der Waals surface area contributed by atoms with Crippen molar-refractivity contribution in [3.63, 3.8) is 0 Å². The van der Waals surface area contributed by atoms with Gasteiger partial charge in [-0.05, 0) is 49.9 Å². The summed E-state index contributed by atoms with van der Waals surface area (Å²) < 4.78 is 35.9. The second-order valence-electron chi connectivity index (χ2n) is 6.08. The van der Waals surface area contributed by atoms with E-state index < -0.39 is 18.7 Å². The molecule has 1 saturated carbocycles. The molecule has 0 aromatic heterocycles. The molecule has 1 unspecified atom stereocenters. The van der Waals surface area contributed by atoms with E-state index in [0.29, 0.717) is 5.41 Å². The molecular formula is C13H23F3O. The number of aliphatic hydroxyl groups is 1. The summed E-state index contributed by atoms with van der Waals surface area (Å²) >= 11 is 0. The summed E-state index contributed by atoms with van der Waals surface area (Å²) in [6.45, 7) is 4.42. The molecule has 1 N–H and O–H groups in total. The number of alkyl halides is 3. The van der Waals surface area contributed by atoms with Crippen LogP contribution in [0.5, 0.6) is 0 Å². The van der Waals surface area contributed by atoms with Crippen LogP contribution < -0.4 is 0 Å². The fraction of sp³-hybridized carbons (Fsp3) is 1.00. The van der Waals surface area contributed by atoms with Crippen LogP contribution in [-0.2, 0) is 0 Å². The van der Waals surface area contributed by atoms with E-state index >= 15 is 0 Å². The average Bonchev–Trinajstić information content (AvgIpc) is 2.15. The van der Waals surface area contributed by atoms with E-state index in [-0.39, 0.29) is 18.8 Å². The molecule has 0 bridgehead atoms. The molecular weight excluding hydrogens is 229 g/mol. The quantitative estimate of drug-likeness (QED) is 0.791. The van der Waals surface area contributed by atoms with E-state index in [1.54, 1.807) is 0 Å². The normalized spacial score (nSPS) is 23.6. The lowest BCUT2D eigenvalue weighted by atomic mass is 9.71. The minimum atomic E-state index is -4.09. The molecule has 0 amide bonds. The third-order valence-electron chi connectivity index (χ3n) is 3.89. The predicted octanol–water partition coefficient (Wildman–Crippen LogP) is 4.30. The Bertz CT molecular complexity index is 225. The topological polar surface area (TPSA) is 20.2 Å². The first-order valence-electron chi connectivity index (χ1n) is 6.44. The predicted molar refractivity (Wildman–Crippen MR) is 61.7 cm³/mol. The van der Waals surface area contributed by atoms with Gasteiger partial charge >= 0.3 is 6.18 Å². The van der Waals surface area contributed by atoms with Gasteiger partial charge in [-0.3, -0.25) is 0 Å². The Hall–Kier alpha value is -0.250. The Labute approximate surface area is 101 Å². The molecule has 0 saturated heterocycles. The van der Waals surface area contributed by atoms with Gasteiger partial charge in [0.05, 0.1) is 6.10 Å². The van der Waals surface area contributed by atoms with Crippen molar-refractivity contribution < 1.29 is 18.3 Å². The summed E-state index contributed by atoms with van der Waals surface area (Å²) in [6.07, 6.45) is -1.07. The van der Waals surface area contributed by atoms with Crippen molar-refractivity contribution in [2.75, 3.05) is 0 Å². The van der Waals surface area contributed by atoms with E-state index in [4.69, 9.17) is 0 Å². The van der Waals surface area contributed by atoms with Gasteiger partial charge in [0.15, 0.2) is 0 Å². The molecule has 0 aromatic carbocycles. The van der Waals surface area contributed by atoms with Gasteiger partial charge in [0.1, 0.15) is 0 Å². The Morgan fingerprint density at radius 2 is 1.76 bits per heavy atom. The van der Waals surface area contributed by atoms with E-state index in [1.165, 1.54) is 0 Å². The molecule has 1 atom stereocenters. The standard InChI is InChI=1S/C13H23F3O/c1-12(2)8-5-10(6-9-12)11(17)4-3-7-13(14,15)16/h10-11,17H,3-9H2,1-2H3. The van der Waals surface area contributed by atoms with Crippen LogP contribution in [-0.4, -0.2) is 17.4 Å². The van der Waals surface area contributed by atoms with Crippen molar-refractivity contribution in [1.82, 2.24) is 0 Å². The third-order valence-corrected chi connectivity index (χ3v) is 3.89. The van der Waals surface area contributed by atoms with E-state index in [2.05, 4.69) is 13.8 Å². The molecule has 1 rings (SSSR count). The van der Waals surface area contributed by atoms with Crippen molar-refractivity contribution in [2.45, 2.75) is 71.1 Å². The molecule has 0 radical (unpaired) electrons. The van der Waals surface area contributed by atoms with Gasteiger partial charge in [0, 0.05) is 6.42 Å². The lowest BCUT2D eigenvalue weighted by molar-refractivity contribution is -0.137. The first-order chi connectivity index (χ1) is 7.70. The summed E-state index contributed by atoms with van der Waals surface area (Å²) in [5.41, 5.74) is 0.336. The molecule has 0 spiro atoms. The first-order valence-corrected chi connectivity index (χ1v) is 6.44. The number of hydrogen-bond acceptors (Lipinski definition) is 1. The van der Waals surface area contributed by atoms with Crippen LogP contribution in [0.4, 0.5) is 13.2 Å². The van der Waals surface area contributed by atoms with Gasteiger partial charge in [0.2, 0.25) is 0 Å². The summed E-state index contributed by atoms with van der Waals surface area (Å²) in [5.74, 6) is 0.205.